The molecule has 0 bridgehead atoms. The van der Waals surface area contributed by atoms with Gasteiger partial charge in [-0.25, -0.2) is 0 Å². The zero-order valence-corrected chi connectivity index (χ0v) is 13.6. The number of hydrogen-bond acceptors (Lipinski definition) is 4. The van der Waals surface area contributed by atoms with Crippen molar-refractivity contribution in [1.29, 1.82) is 0 Å². The molecule has 2 heterocycles. The van der Waals surface area contributed by atoms with E-state index in [0.717, 1.165) is 32.7 Å². The van der Waals surface area contributed by atoms with E-state index in [1.807, 2.05) is 11.3 Å². The smallest absolute Gasteiger partial charge is 0.0702 e. The second-order valence-corrected chi connectivity index (χ2v) is 6.61. The Balaban J connectivity index is 1.63. The molecule has 114 valence electrons. The van der Waals surface area contributed by atoms with Crippen molar-refractivity contribution >= 4 is 11.3 Å². The summed E-state index contributed by atoms with van der Waals surface area (Å²) in [5, 5.41) is 5.76. The number of nitrogens with one attached hydrogen (secondary N) is 1. The molecule has 0 aliphatic carbocycles. The second-order valence-electron chi connectivity index (χ2n) is 5.63. The molecule has 1 aliphatic heterocycles. The van der Waals surface area contributed by atoms with Crippen molar-refractivity contribution in [2.75, 3.05) is 32.8 Å². The Bertz CT molecular complexity index is 355. The van der Waals surface area contributed by atoms with Crippen LogP contribution in [-0.2, 0) is 4.74 Å². The van der Waals surface area contributed by atoms with Crippen LogP contribution >= 0.6 is 11.3 Å². The zero-order valence-electron chi connectivity index (χ0n) is 12.8. The van der Waals surface area contributed by atoms with Crippen molar-refractivity contribution < 1.29 is 4.74 Å². The zero-order chi connectivity index (χ0) is 14.2. The lowest BCUT2D eigenvalue weighted by Gasteiger charge is -2.32. The van der Waals surface area contributed by atoms with Gasteiger partial charge in [-0.15, -0.1) is 11.3 Å². The topological polar surface area (TPSA) is 24.5 Å². The molecule has 1 aliphatic rings. The minimum atomic E-state index is 0.457. The molecule has 2 unspecified atom stereocenters. The largest absolute Gasteiger partial charge is 0.377 e. The van der Waals surface area contributed by atoms with E-state index >= 15 is 0 Å². The third-order valence-corrected chi connectivity index (χ3v) is 4.92. The fraction of sp³-hybridized carbons (Fsp3) is 0.750. The highest BCUT2D eigenvalue weighted by atomic mass is 32.1. The van der Waals surface area contributed by atoms with E-state index in [2.05, 4.69) is 41.6 Å². The lowest BCUT2D eigenvalue weighted by atomic mass is 10.1. The fourth-order valence-electron chi connectivity index (χ4n) is 2.71. The summed E-state index contributed by atoms with van der Waals surface area (Å²) < 4.78 is 5.89. The average Bonchev–Trinajstić information content (AvgIpc) is 3.00. The van der Waals surface area contributed by atoms with E-state index in [1.165, 1.54) is 24.3 Å². The molecule has 1 N–H and O–H groups in total. The third-order valence-electron chi connectivity index (χ3n) is 3.87. The Morgan fingerprint density at radius 2 is 2.45 bits per heavy atom. The van der Waals surface area contributed by atoms with Gasteiger partial charge >= 0.3 is 0 Å². The Morgan fingerprint density at radius 3 is 3.20 bits per heavy atom. The van der Waals surface area contributed by atoms with Crippen LogP contribution in [-0.4, -0.2) is 43.8 Å². The van der Waals surface area contributed by atoms with Gasteiger partial charge in [0.25, 0.3) is 0 Å². The Hall–Kier alpha value is -0.420. The number of piperidine rings is 1. The first-order valence-electron chi connectivity index (χ1n) is 7.90. The van der Waals surface area contributed by atoms with Gasteiger partial charge in [0.15, 0.2) is 0 Å². The van der Waals surface area contributed by atoms with Gasteiger partial charge in [0.05, 0.1) is 6.10 Å². The summed E-state index contributed by atoms with van der Waals surface area (Å²) in [5.41, 5.74) is 0. The van der Waals surface area contributed by atoms with Gasteiger partial charge in [-0.3, -0.25) is 4.90 Å². The maximum Gasteiger partial charge on any atom is 0.0702 e. The molecular formula is C16H28N2OS. The Labute approximate surface area is 127 Å². The Kier molecular flexibility index (Phi) is 7.00. The van der Waals surface area contributed by atoms with Crippen molar-refractivity contribution in [3.8, 4) is 0 Å². The van der Waals surface area contributed by atoms with Crippen LogP contribution in [0.3, 0.4) is 0 Å². The lowest BCUT2D eigenvalue weighted by Crippen LogP contribution is -2.43. The second kappa shape index (κ2) is 8.78. The molecule has 1 saturated heterocycles. The van der Waals surface area contributed by atoms with E-state index < -0.39 is 0 Å². The summed E-state index contributed by atoms with van der Waals surface area (Å²) in [4.78, 5) is 3.96. The van der Waals surface area contributed by atoms with Crippen LogP contribution in [0.4, 0.5) is 0 Å². The van der Waals surface area contributed by atoms with Gasteiger partial charge in [-0.1, -0.05) is 13.0 Å². The molecule has 1 aromatic heterocycles. The molecule has 20 heavy (non-hydrogen) atoms. The van der Waals surface area contributed by atoms with Gasteiger partial charge < -0.3 is 10.1 Å². The fourth-order valence-corrected chi connectivity index (χ4v) is 3.47. The molecule has 0 spiro atoms. The standard InChI is InChI=1S/C16H28N2OS/c1-3-11-19-15-6-4-9-18(13-15)10-8-17-14(2)16-7-5-12-20-16/h5,7,12,14-15,17H,3-4,6,8-11,13H2,1-2H3. The summed E-state index contributed by atoms with van der Waals surface area (Å²) in [6, 6.07) is 4.79. The molecule has 0 amide bonds. The quantitative estimate of drug-likeness (QED) is 0.796. The summed E-state index contributed by atoms with van der Waals surface area (Å²) in [5.74, 6) is 0. The molecule has 4 heteroatoms. The average molecular weight is 296 g/mol. The van der Waals surface area contributed by atoms with Gasteiger partial charge in [-0.2, -0.15) is 0 Å². The molecule has 0 saturated carbocycles. The normalized spacial score (nSPS) is 22.0. The molecule has 2 atom stereocenters. The number of thiophene rings is 1. The number of hydrogen-bond donors (Lipinski definition) is 1. The van der Waals surface area contributed by atoms with Crippen LogP contribution in [0, 0.1) is 0 Å². The van der Waals surface area contributed by atoms with E-state index in [0.29, 0.717) is 12.1 Å². The van der Waals surface area contributed by atoms with Gasteiger partial charge in [0.1, 0.15) is 0 Å². The summed E-state index contributed by atoms with van der Waals surface area (Å²) in [6.45, 7) is 9.84. The maximum atomic E-state index is 5.89. The van der Waals surface area contributed by atoms with Gasteiger partial charge in [-0.05, 0) is 44.2 Å². The third kappa shape index (κ3) is 5.17. The maximum absolute atomic E-state index is 5.89. The number of ether oxygens (including phenoxy) is 1. The summed E-state index contributed by atoms with van der Waals surface area (Å²) >= 11 is 1.83. The van der Waals surface area contributed by atoms with Crippen molar-refractivity contribution in [2.24, 2.45) is 0 Å². The van der Waals surface area contributed by atoms with Crippen LogP contribution in [0.5, 0.6) is 0 Å². The molecule has 0 aromatic carbocycles. The monoisotopic (exact) mass is 296 g/mol. The van der Waals surface area contributed by atoms with E-state index in [9.17, 15) is 0 Å². The SMILES string of the molecule is CCCOC1CCCN(CCNC(C)c2cccs2)C1. The van der Waals surface area contributed by atoms with Gasteiger partial charge in [0.2, 0.25) is 0 Å². The van der Waals surface area contributed by atoms with Gasteiger partial charge in [0, 0.05) is 37.2 Å². The predicted molar refractivity (Wildman–Crippen MR) is 86.4 cm³/mol. The molecule has 1 fully saturated rings. The van der Waals surface area contributed by atoms with E-state index in [-0.39, 0.29) is 0 Å². The summed E-state index contributed by atoms with van der Waals surface area (Å²) in [7, 11) is 0. The van der Waals surface area contributed by atoms with Crippen LogP contribution in [0.2, 0.25) is 0 Å². The minimum absolute atomic E-state index is 0.457. The molecular weight excluding hydrogens is 268 g/mol. The Morgan fingerprint density at radius 1 is 1.55 bits per heavy atom. The van der Waals surface area contributed by atoms with Crippen molar-refractivity contribution in [3.05, 3.63) is 22.4 Å². The highest BCUT2D eigenvalue weighted by Crippen LogP contribution is 2.18. The van der Waals surface area contributed by atoms with E-state index in [1.54, 1.807) is 0 Å². The van der Waals surface area contributed by atoms with Crippen LogP contribution in [0.1, 0.15) is 44.0 Å². The highest BCUT2D eigenvalue weighted by molar-refractivity contribution is 7.10. The molecule has 2 rings (SSSR count). The van der Waals surface area contributed by atoms with Crippen molar-refractivity contribution in [3.63, 3.8) is 0 Å². The first kappa shape index (κ1) is 16.0. The lowest BCUT2D eigenvalue weighted by molar-refractivity contribution is 0.000255. The minimum Gasteiger partial charge on any atom is -0.377 e. The first-order chi connectivity index (χ1) is 9.79. The summed E-state index contributed by atoms with van der Waals surface area (Å²) in [6.07, 6.45) is 4.08. The molecule has 0 radical (unpaired) electrons. The van der Waals surface area contributed by atoms with Crippen LogP contribution in [0.15, 0.2) is 17.5 Å². The number of likely N-dealkylation sites (tertiary alicyclic amines) is 1. The molecule has 1 aromatic rings. The highest BCUT2D eigenvalue weighted by Gasteiger charge is 2.19. The van der Waals surface area contributed by atoms with Crippen LogP contribution < -0.4 is 5.32 Å². The number of nitrogens with zero attached hydrogens (tertiary/aromatic N) is 1. The first-order valence-corrected chi connectivity index (χ1v) is 8.78. The van der Waals surface area contributed by atoms with E-state index in [4.69, 9.17) is 4.74 Å². The number of rotatable bonds is 8. The molecule has 3 nitrogen and oxygen atoms in total. The predicted octanol–water partition coefficient (Wildman–Crippen LogP) is 3.29. The van der Waals surface area contributed by atoms with Crippen molar-refractivity contribution in [2.45, 2.75) is 45.3 Å². The van der Waals surface area contributed by atoms with Crippen LogP contribution in [0.25, 0.3) is 0 Å². The van der Waals surface area contributed by atoms with Crippen molar-refractivity contribution in [1.82, 2.24) is 10.2 Å².